The van der Waals surface area contributed by atoms with Crippen molar-refractivity contribution in [2.75, 3.05) is 6.54 Å². The van der Waals surface area contributed by atoms with E-state index in [1.54, 1.807) is 17.5 Å². The number of aliphatic hydroxyl groups is 1. The number of aliphatic hydroxyl groups excluding tert-OH is 1. The lowest BCUT2D eigenvalue weighted by Crippen LogP contribution is -2.21. The Balaban J connectivity index is 1.54. The van der Waals surface area contributed by atoms with E-state index in [0.717, 1.165) is 34.9 Å². The van der Waals surface area contributed by atoms with Crippen LogP contribution in [0.1, 0.15) is 29.1 Å². The first-order valence-corrected chi connectivity index (χ1v) is 8.93. The molecule has 5 heteroatoms. The number of nitrogens with one attached hydrogen (secondary N) is 1. The maximum atomic E-state index is 9.23. The van der Waals surface area contributed by atoms with Crippen molar-refractivity contribution >= 4 is 11.3 Å². The molecule has 3 rings (SSSR count). The lowest BCUT2D eigenvalue weighted by Gasteiger charge is -2.14. The van der Waals surface area contributed by atoms with Crippen LogP contribution < -0.4 is 5.32 Å². The number of pyridine rings is 1. The summed E-state index contributed by atoms with van der Waals surface area (Å²) in [7, 11) is 0. The highest BCUT2D eigenvalue weighted by Crippen LogP contribution is 2.20. The van der Waals surface area contributed by atoms with Crippen LogP contribution in [0.3, 0.4) is 0 Å². The summed E-state index contributed by atoms with van der Waals surface area (Å²) < 4.78 is 0. The molecular formula is C19H21N3OS. The third-order valence-corrected chi connectivity index (χ3v) is 4.81. The average Bonchev–Trinajstić information content (AvgIpc) is 3.11. The standard InChI is InChI=1S/C19H21N3OS/c1-14(16-6-4-5-15(11-16)12-23)20-10-8-19-22-18(13-24-19)17-7-2-3-9-21-17/h2-7,9,11,13-14,20,23H,8,10,12H2,1H3. The SMILES string of the molecule is CC(NCCc1nc(-c2ccccn2)cs1)c1cccc(CO)c1. The van der Waals surface area contributed by atoms with E-state index in [1.807, 2.05) is 36.4 Å². The van der Waals surface area contributed by atoms with E-state index in [0.29, 0.717) is 0 Å². The monoisotopic (exact) mass is 339 g/mol. The van der Waals surface area contributed by atoms with Gasteiger partial charge in [0.2, 0.25) is 0 Å². The highest BCUT2D eigenvalue weighted by molar-refractivity contribution is 7.09. The number of thiazole rings is 1. The van der Waals surface area contributed by atoms with E-state index in [-0.39, 0.29) is 12.6 Å². The lowest BCUT2D eigenvalue weighted by atomic mass is 10.1. The number of hydrogen-bond acceptors (Lipinski definition) is 5. The van der Waals surface area contributed by atoms with Crippen molar-refractivity contribution in [3.05, 3.63) is 70.2 Å². The van der Waals surface area contributed by atoms with Gasteiger partial charge < -0.3 is 10.4 Å². The van der Waals surface area contributed by atoms with Gasteiger partial charge in [-0.3, -0.25) is 4.98 Å². The molecule has 0 aliphatic heterocycles. The normalized spacial score (nSPS) is 12.2. The molecule has 0 aliphatic carbocycles. The van der Waals surface area contributed by atoms with E-state index in [2.05, 4.69) is 33.7 Å². The fourth-order valence-electron chi connectivity index (χ4n) is 2.53. The summed E-state index contributed by atoms with van der Waals surface area (Å²) in [6.07, 6.45) is 2.68. The number of aromatic nitrogens is 2. The summed E-state index contributed by atoms with van der Waals surface area (Å²) in [6.45, 7) is 3.08. The van der Waals surface area contributed by atoms with Gasteiger partial charge in [0, 0.05) is 30.6 Å². The lowest BCUT2D eigenvalue weighted by molar-refractivity contribution is 0.281. The Hall–Kier alpha value is -2.08. The molecule has 124 valence electrons. The maximum absolute atomic E-state index is 9.23. The molecule has 0 fully saturated rings. The molecule has 2 heterocycles. The van der Waals surface area contributed by atoms with E-state index in [1.165, 1.54) is 5.56 Å². The van der Waals surface area contributed by atoms with Gasteiger partial charge in [-0.2, -0.15) is 0 Å². The molecule has 24 heavy (non-hydrogen) atoms. The highest BCUT2D eigenvalue weighted by atomic mass is 32.1. The van der Waals surface area contributed by atoms with Crippen LogP contribution in [0.4, 0.5) is 0 Å². The molecule has 0 radical (unpaired) electrons. The second-order valence-electron chi connectivity index (χ2n) is 5.67. The van der Waals surface area contributed by atoms with Crippen LogP contribution in [-0.2, 0) is 13.0 Å². The smallest absolute Gasteiger partial charge is 0.0998 e. The third-order valence-electron chi connectivity index (χ3n) is 3.90. The van der Waals surface area contributed by atoms with Gasteiger partial charge in [-0.15, -0.1) is 11.3 Å². The minimum Gasteiger partial charge on any atom is -0.392 e. The number of hydrogen-bond donors (Lipinski definition) is 2. The zero-order valence-electron chi connectivity index (χ0n) is 13.6. The van der Waals surface area contributed by atoms with Gasteiger partial charge >= 0.3 is 0 Å². The second kappa shape index (κ2) is 8.15. The molecule has 1 unspecified atom stereocenters. The molecule has 0 saturated carbocycles. The molecule has 0 spiro atoms. The second-order valence-corrected chi connectivity index (χ2v) is 6.61. The van der Waals surface area contributed by atoms with Crippen molar-refractivity contribution in [3.8, 4) is 11.4 Å². The minimum absolute atomic E-state index is 0.0793. The highest BCUT2D eigenvalue weighted by Gasteiger charge is 2.08. The molecule has 1 aromatic carbocycles. The van der Waals surface area contributed by atoms with Crippen LogP contribution >= 0.6 is 11.3 Å². The fraction of sp³-hybridized carbons (Fsp3) is 0.263. The van der Waals surface area contributed by atoms with Crippen molar-refractivity contribution in [2.24, 2.45) is 0 Å². The fourth-order valence-corrected chi connectivity index (χ4v) is 3.32. The molecule has 2 N–H and O–H groups in total. The molecule has 0 bridgehead atoms. The van der Waals surface area contributed by atoms with E-state index in [4.69, 9.17) is 0 Å². The predicted octanol–water partition coefficient (Wildman–Crippen LogP) is 3.59. The average molecular weight is 339 g/mol. The zero-order valence-corrected chi connectivity index (χ0v) is 14.5. The first-order chi connectivity index (χ1) is 11.8. The molecule has 3 aromatic rings. The van der Waals surface area contributed by atoms with Crippen LogP contribution in [-0.4, -0.2) is 21.6 Å². The molecule has 1 atom stereocenters. The first kappa shape index (κ1) is 16.8. The number of nitrogens with zero attached hydrogens (tertiary/aromatic N) is 2. The van der Waals surface area contributed by atoms with Crippen LogP contribution in [0.15, 0.2) is 54.0 Å². The minimum atomic E-state index is 0.0793. The zero-order chi connectivity index (χ0) is 16.8. The Labute approximate surface area is 146 Å². The van der Waals surface area contributed by atoms with Crippen LogP contribution in [0, 0.1) is 0 Å². The maximum Gasteiger partial charge on any atom is 0.0998 e. The van der Waals surface area contributed by atoms with Gasteiger partial charge in [0.1, 0.15) is 0 Å². The number of rotatable bonds is 7. The molecule has 0 saturated heterocycles. The molecule has 0 aliphatic rings. The van der Waals surface area contributed by atoms with Crippen molar-refractivity contribution in [3.63, 3.8) is 0 Å². The largest absolute Gasteiger partial charge is 0.392 e. The van der Waals surface area contributed by atoms with Gasteiger partial charge in [0.15, 0.2) is 0 Å². The Bertz CT molecular complexity index is 773. The van der Waals surface area contributed by atoms with Crippen molar-refractivity contribution in [1.29, 1.82) is 0 Å². The van der Waals surface area contributed by atoms with E-state index >= 15 is 0 Å². The predicted molar refractivity (Wildman–Crippen MR) is 97.8 cm³/mol. The first-order valence-electron chi connectivity index (χ1n) is 8.05. The Morgan fingerprint density at radius 3 is 2.88 bits per heavy atom. The Morgan fingerprint density at radius 1 is 1.17 bits per heavy atom. The molecule has 0 amide bonds. The van der Waals surface area contributed by atoms with E-state index in [9.17, 15) is 5.11 Å². The van der Waals surface area contributed by atoms with Crippen molar-refractivity contribution in [2.45, 2.75) is 26.0 Å². The van der Waals surface area contributed by atoms with Crippen LogP contribution in [0.5, 0.6) is 0 Å². The van der Waals surface area contributed by atoms with Gasteiger partial charge in [-0.1, -0.05) is 30.3 Å². The van der Waals surface area contributed by atoms with E-state index < -0.39 is 0 Å². The molecule has 2 aromatic heterocycles. The summed E-state index contributed by atoms with van der Waals surface area (Å²) in [4.78, 5) is 9.00. The number of benzene rings is 1. The van der Waals surface area contributed by atoms with Crippen molar-refractivity contribution < 1.29 is 5.11 Å². The molecular weight excluding hydrogens is 318 g/mol. The summed E-state index contributed by atoms with van der Waals surface area (Å²) in [5, 5.41) is 15.9. The van der Waals surface area contributed by atoms with Gasteiger partial charge in [-0.25, -0.2) is 4.98 Å². The summed E-state index contributed by atoms with van der Waals surface area (Å²) >= 11 is 1.67. The summed E-state index contributed by atoms with van der Waals surface area (Å²) in [5.74, 6) is 0. The van der Waals surface area contributed by atoms with Crippen molar-refractivity contribution in [1.82, 2.24) is 15.3 Å². The Morgan fingerprint density at radius 2 is 2.08 bits per heavy atom. The Kier molecular flexibility index (Phi) is 5.69. The van der Waals surface area contributed by atoms with Gasteiger partial charge in [-0.05, 0) is 30.2 Å². The van der Waals surface area contributed by atoms with Crippen LogP contribution in [0.25, 0.3) is 11.4 Å². The van der Waals surface area contributed by atoms with Crippen LogP contribution in [0.2, 0.25) is 0 Å². The van der Waals surface area contributed by atoms with Gasteiger partial charge in [0.25, 0.3) is 0 Å². The molecule has 4 nitrogen and oxygen atoms in total. The third kappa shape index (κ3) is 4.26. The quantitative estimate of drug-likeness (QED) is 0.691. The van der Waals surface area contributed by atoms with Gasteiger partial charge in [0.05, 0.1) is 23.0 Å². The topological polar surface area (TPSA) is 58.0 Å². The summed E-state index contributed by atoms with van der Waals surface area (Å²) in [6, 6.07) is 14.2. The summed E-state index contributed by atoms with van der Waals surface area (Å²) in [5.41, 5.74) is 4.00.